The van der Waals surface area contributed by atoms with E-state index in [4.69, 9.17) is 0 Å². The van der Waals surface area contributed by atoms with E-state index in [1.54, 1.807) is 6.20 Å². The van der Waals surface area contributed by atoms with Gasteiger partial charge in [0, 0.05) is 16.7 Å². The van der Waals surface area contributed by atoms with Crippen LogP contribution in [0.5, 0.6) is 0 Å². The number of anilines is 3. The van der Waals surface area contributed by atoms with E-state index in [-0.39, 0.29) is 0 Å². The summed E-state index contributed by atoms with van der Waals surface area (Å²) >= 11 is 3.44. The van der Waals surface area contributed by atoms with E-state index in [9.17, 15) is 0 Å². The summed E-state index contributed by atoms with van der Waals surface area (Å²) in [6, 6.07) is 7.90. The Hall–Kier alpha value is -1.69. The van der Waals surface area contributed by atoms with Gasteiger partial charge in [-0.1, -0.05) is 41.8 Å². The molecule has 0 spiro atoms. The molecule has 0 atom stereocenters. The Morgan fingerprint density at radius 3 is 2.95 bits per heavy atom. The van der Waals surface area contributed by atoms with Gasteiger partial charge in [-0.3, -0.25) is 0 Å². The van der Waals surface area contributed by atoms with Gasteiger partial charge < -0.3 is 10.6 Å². The second-order valence-electron chi connectivity index (χ2n) is 4.43. The van der Waals surface area contributed by atoms with Gasteiger partial charge in [0.15, 0.2) is 5.82 Å². The monoisotopic (exact) mass is 335 g/mol. The first kappa shape index (κ1) is 14.7. The lowest BCUT2D eigenvalue weighted by atomic mass is 10.2. The maximum Gasteiger partial charge on any atom is 0.244 e. The second kappa shape index (κ2) is 7.79. The number of benzene rings is 1. The van der Waals surface area contributed by atoms with Crippen LogP contribution < -0.4 is 10.6 Å². The molecule has 0 unspecified atom stereocenters. The lowest BCUT2D eigenvalue weighted by Crippen LogP contribution is -2.07. The molecule has 0 fully saturated rings. The van der Waals surface area contributed by atoms with Gasteiger partial charge in [0.05, 0.1) is 6.20 Å². The fourth-order valence-electron chi connectivity index (χ4n) is 1.73. The lowest BCUT2D eigenvalue weighted by Gasteiger charge is -2.07. The molecule has 106 valence electrons. The van der Waals surface area contributed by atoms with Gasteiger partial charge in [-0.05, 0) is 24.6 Å². The molecule has 20 heavy (non-hydrogen) atoms. The predicted octanol–water partition coefficient (Wildman–Crippen LogP) is 3.98. The Morgan fingerprint density at radius 2 is 2.15 bits per heavy atom. The van der Waals surface area contributed by atoms with Crippen LogP contribution in [-0.4, -0.2) is 21.7 Å². The molecule has 0 aliphatic carbocycles. The van der Waals surface area contributed by atoms with E-state index in [0.29, 0.717) is 11.8 Å². The highest BCUT2D eigenvalue weighted by Gasteiger charge is 2.01. The van der Waals surface area contributed by atoms with E-state index in [0.717, 1.165) is 23.1 Å². The molecule has 2 N–H and O–H groups in total. The van der Waals surface area contributed by atoms with Crippen LogP contribution in [0.4, 0.5) is 17.5 Å². The number of nitrogens with zero attached hydrogens (tertiary/aromatic N) is 3. The summed E-state index contributed by atoms with van der Waals surface area (Å²) < 4.78 is 1.02. The van der Waals surface area contributed by atoms with Crippen molar-refractivity contribution in [2.45, 2.75) is 26.2 Å². The molecule has 1 aromatic heterocycles. The van der Waals surface area contributed by atoms with Crippen LogP contribution >= 0.6 is 15.9 Å². The number of nitrogens with one attached hydrogen (secondary N) is 2. The topological polar surface area (TPSA) is 62.7 Å². The first-order valence-electron chi connectivity index (χ1n) is 6.74. The standard InChI is InChI=1S/C14H18BrN5/c1-2-3-4-8-16-14-19-13(10-17-20-14)18-12-7-5-6-11(15)9-12/h5-7,9-10H,2-4,8H2,1H3,(H2,16,18,19,20). The molecule has 0 radical (unpaired) electrons. The van der Waals surface area contributed by atoms with Crippen LogP contribution in [-0.2, 0) is 0 Å². The molecule has 5 nitrogen and oxygen atoms in total. The molecular weight excluding hydrogens is 318 g/mol. The third kappa shape index (κ3) is 4.77. The van der Waals surface area contributed by atoms with Crippen molar-refractivity contribution < 1.29 is 0 Å². The van der Waals surface area contributed by atoms with E-state index in [1.165, 1.54) is 12.8 Å². The normalized spacial score (nSPS) is 10.3. The molecular formula is C14H18BrN5. The first-order valence-corrected chi connectivity index (χ1v) is 7.53. The van der Waals surface area contributed by atoms with Crippen molar-refractivity contribution in [3.05, 3.63) is 34.9 Å². The summed E-state index contributed by atoms with van der Waals surface area (Å²) in [4.78, 5) is 4.38. The smallest absolute Gasteiger partial charge is 0.244 e. The minimum absolute atomic E-state index is 0.557. The molecule has 0 saturated heterocycles. The third-order valence-corrected chi connectivity index (χ3v) is 3.21. The Balaban J connectivity index is 1.95. The van der Waals surface area contributed by atoms with Gasteiger partial charge in [-0.25, -0.2) is 0 Å². The molecule has 0 aliphatic heterocycles. The van der Waals surface area contributed by atoms with E-state index in [2.05, 4.69) is 48.7 Å². The van der Waals surface area contributed by atoms with Gasteiger partial charge in [0.2, 0.25) is 5.95 Å². The zero-order valence-electron chi connectivity index (χ0n) is 11.4. The van der Waals surface area contributed by atoms with E-state index in [1.807, 2.05) is 24.3 Å². The SMILES string of the molecule is CCCCCNc1nncc(Nc2cccc(Br)c2)n1. The van der Waals surface area contributed by atoms with Gasteiger partial charge in [0.25, 0.3) is 0 Å². The van der Waals surface area contributed by atoms with Crippen molar-refractivity contribution in [2.75, 3.05) is 17.2 Å². The number of rotatable bonds is 7. The minimum Gasteiger partial charge on any atom is -0.353 e. The van der Waals surface area contributed by atoms with Crippen molar-refractivity contribution in [3.63, 3.8) is 0 Å². The van der Waals surface area contributed by atoms with Gasteiger partial charge >= 0.3 is 0 Å². The van der Waals surface area contributed by atoms with Crippen molar-refractivity contribution in [3.8, 4) is 0 Å². The summed E-state index contributed by atoms with van der Waals surface area (Å²) in [5, 5.41) is 14.3. The number of unbranched alkanes of at least 4 members (excludes halogenated alkanes) is 2. The maximum atomic E-state index is 4.38. The van der Waals surface area contributed by atoms with Crippen molar-refractivity contribution in [2.24, 2.45) is 0 Å². The van der Waals surface area contributed by atoms with Gasteiger partial charge in [-0.2, -0.15) is 10.1 Å². The van der Waals surface area contributed by atoms with E-state index < -0.39 is 0 Å². The van der Waals surface area contributed by atoms with Crippen LogP contribution in [0.2, 0.25) is 0 Å². The van der Waals surface area contributed by atoms with Crippen LogP contribution in [0.15, 0.2) is 34.9 Å². The lowest BCUT2D eigenvalue weighted by molar-refractivity contribution is 0.738. The molecule has 1 aromatic carbocycles. The molecule has 1 heterocycles. The third-order valence-electron chi connectivity index (χ3n) is 2.72. The highest BCUT2D eigenvalue weighted by molar-refractivity contribution is 9.10. The fraction of sp³-hybridized carbons (Fsp3) is 0.357. The summed E-state index contributed by atoms with van der Waals surface area (Å²) in [7, 11) is 0. The van der Waals surface area contributed by atoms with Crippen molar-refractivity contribution in [1.29, 1.82) is 0 Å². The average molecular weight is 336 g/mol. The van der Waals surface area contributed by atoms with Crippen LogP contribution in [0.25, 0.3) is 0 Å². The van der Waals surface area contributed by atoms with Gasteiger partial charge in [-0.15, -0.1) is 5.10 Å². The van der Waals surface area contributed by atoms with Crippen LogP contribution in [0.3, 0.4) is 0 Å². The molecule has 6 heteroatoms. The van der Waals surface area contributed by atoms with Crippen molar-refractivity contribution >= 4 is 33.4 Å². The summed E-state index contributed by atoms with van der Waals surface area (Å²) in [6.45, 7) is 3.05. The Bertz CT molecular complexity index is 547. The zero-order valence-corrected chi connectivity index (χ0v) is 13.0. The summed E-state index contributed by atoms with van der Waals surface area (Å²) in [6.07, 6.45) is 5.13. The number of aromatic nitrogens is 3. The second-order valence-corrected chi connectivity index (χ2v) is 5.35. The van der Waals surface area contributed by atoms with Crippen molar-refractivity contribution in [1.82, 2.24) is 15.2 Å². The minimum atomic E-state index is 0.557. The van der Waals surface area contributed by atoms with Gasteiger partial charge in [0.1, 0.15) is 0 Å². The predicted molar refractivity (Wildman–Crippen MR) is 85.3 cm³/mol. The molecule has 0 saturated carbocycles. The Labute approximate surface area is 127 Å². The molecule has 0 aliphatic rings. The zero-order chi connectivity index (χ0) is 14.2. The fourth-order valence-corrected chi connectivity index (χ4v) is 2.13. The quantitative estimate of drug-likeness (QED) is 0.749. The summed E-state index contributed by atoms with van der Waals surface area (Å²) in [5.74, 6) is 1.23. The van der Waals surface area contributed by atoms with Crippen LogP contribution in [0, 0.1) is 0 Å². The molecule has 2 aromatic rings. The Kier molecular flexibility index (Phi) is 5.73. The number of halogens is 1. The first-order chi connectivity index (χ1) is 9.78. The maximum absolute atomic E-state index is 4.38. The average Bonchev–Trinajstić information content (AvgIpc) is 2.44. The van der Waals surface area contributed by atoms with E-state index >= 15 is 0 Å². The summed E-state index contributed by atoms with van der Waals surface area (Å²) in [5.41, 5.74) is 0.955. The Morgan fingerprint density at radius 1 is 1.25 bits per heavy atom. The van der Waals surface area contributed by atoms with Crippen LogP contribution in [0.1, 0.15) is 26.2 Å². The molecule has 2 rings (SSSR count). The highest BCUT2D eigenvalue weighted by Crippen LogP contribution is 2.19. The largest absolute Gasteiger partial charge is 0.353 e. The highest BCUT2D eigenvalue weighted by atomic mass is 79.9. The molecule has 0 amide bonds. The number of hydrogen-bond acceptors (Lipinski definition) is 5. The number of hydrogen-bond donors (Lipinski definition) is 2. The molecule has 0 bridgehead atoms.